The first kappa shape index (κ1) is 16.6. The zero-order valence-corrected chi connectivity index (χ0v) is 15.2. The van der Waals surface area contributed by atoms with Crippen molar-refractivity contribution in [3.05, 3.63) is 59.6 Å². The van der Waals surface area contributed by atoms with E-state index in [9.17, 15) is 8.42 Å². The fourth-order valence-electron chi connectivity index (χ4n) is 3.25. The smallest absolute Gasteiger partial charge is 0.267 e. The highest BCUT2D eigenvalue weighted by Crippen LogP contribution is 2.33. The van der Waals surface area contributed by atoms with Crippen LogP contribution in [0.3, 0.4) is 0 Å². The Morgan fingerprint density at radius 2 is 1.96 bits per heavy atom. The van der Waals surface area contributed by atoms with Crippen LogP contribution in [-0.4, -0.2) is 25.1 Å². The Labute approximate surface area is 151 Å². The molecule has 0 fully saturated rings. The highest BCUT2D eigenvalue weighted by atomic mass is 32.2. The minimum Gasteiger partial charge on any atom is -0.360 e. The van der Waals surface area contributed by atoms with Gasteiger partial charge in [-0.05, 0) is 44.0 Å². The summed E-state index contributed by atoms with van der Waals surface area (Å²) in [5, 5.41) is 3.70. The number of fused-ring (bicyclic) bond motifs is 1. The number of pyridine rings is 1. The van der Waals surface area contributed by atoms with Crippen LogP contribution in [0, 0.1) is 13.8 Å². The summed E-state index contributed by atoms with van der Waals surface area (Å²) in [4.78, 5) is 6.62. The van der Waals surface area contributed by atoms with Crippen LogP contribution in [0.4, 0.5) is 17.2 Å². The van der Waals surface area contributed by atoms with Crippen molar-refractivity contribution in [1.29, 1.82) is 0 Å². The molecule has 0 saturated heterocycles. The van der Waals surface area contributed by atoms with Gasteiger partial charge in [-0.15, -0.1) is 0 Å². The monoisotopic (exact) mass is 370 g/mol. The summed E-state index contributed by atoms with van der Waals surface area (Å²) < 4.78 is 32.6. The Hall–Kier alpha value is -2.87. The van der Waals surface area contributed by atoms with E-state index in [4.69, 9.17) is 4.52 Å². The molecule has 7 nitrogen and oxygen atoms in total. The molecule has 134 valence electrons. The maximum Gasteiger partial charge on any atom is 0.267 e. The van der Waals surface area contributed by atoms with Crippen LogP contribution in [0.15, 0.2) is 52.0 Å². The lowest BCUT2D eigenvalue weighted by atomic mass is 10.2. The van der Waals surface area contributed by atoms with E-state index < -0.39 is 10.0 Å². The highest BCUT2D eigenvalue weighted by molar-refractivity contribution is 7.92. The Balaban J connectivity index is 1.58. The van der Waals surface area contributed by atoms with Crippen LogP contribution >= 0.6 is 0 Å². The molecule has 1 aliphatic rings. The topological polar surface area (TPSA) is 88.3 Å². The van der Waals surface area contributed by atoms with Crippen LogP contribution in [0.5, 0.6) is 0 Å². The van der Waals surface area contributed by atoms with E-state index in [0.29, 0.717) is 11.4 Å². The molecule has 1 aromatic carbocycles. The molecule has 1 N–H and O–H groups in total. The minimum atomic E-state index is -3.77. The molecule has 0 aliphatic carbocycles. The number of hydrogen-bond acceptors (Lipinski definition) is 6. The summed E-state index contributed by atoms with van der Waals surface area (Å²) in [5.41, 5.74) is 3.15. The predicted molar refractivity (Wildman–Crippen MR) is 98.2 cm³/mol. The van der Waals surface area contributed by atoms with Crippen molar-refractivity contribution in [3.63, 3.8) is 0 Å². The molecule has 26 heavy (non-hydrogen) atoms. The van der Waals surface area contributed by atoms with Gasteiger partial charge in [0.1, 0.15) is 11.5 Å². The predicted octanol–water partition coefficient (Wildman–Crippen LogP) is 3.18. The number of hydrogen-bond donors (Lipinski definition) is 1. The van der Waals surface area contributed by atoms with Gasteiger partial charge in [0.2, 0.25) is 0 Å². The lowest BCUT2D eigenvalue weighted by molar-refractivity contribution is 0.390. The Bertz CT molecular complexity index is 1040. The van der Waals surface area contributed by atoms with E-state index in [1.807, 2.05) is 18.2 Å². The number of rotatable bonds is 4. The lowest BCUT2D eigenvalue weighted by Gasteiger charge is -2.18. The van der Waals surface area contributed by atoms with Crippen molar-refractivity contribution >= 4 is 27.2 Å². The van der Waals surface area contributed by atoms with Gasteiger partial charge in [-0.2, -0.15) is 0 Å². The Morgan fingerprint density at radius 3 is 2.65 bits per heavy atom. The molecule has 3 heterocycles. The first-order chi connectivity index (χ1) is 12.5. The first-order valence-corrected chi connectivity index (χ1v) is 9.71. The van der Waals surface area contributed by atoms with Crippen LogP contribution in [-0.2, 0) is 16.4 Å². The number of anilines is 3. The van der Waals surface area contributed by atoms with Crippen molar-refractivity contribution in [2.45, 2.75) is 25.2 Å². The molecular formula is C18H18N4O3S. The fourth-order valence-corrected chi connectivity index (χ4v) is 4.62. The summed E-state index contributed by atoms with van der Waals surface area (Å²) >= 11 is 0. The van der Waals surface area contributed by atoms with Gasteiger partial charge < -0.3 is 9.42 Å². The van der Waals surface area contributed by atoms with Gasteiger partial charge in [-0.3, -0.25) is 4.72 Å². The average Bonchev–Trinajstić information content (AvgIpc) is 3.19. The Kier molecular flexibility index (Phi) is 3.91. The molecule has 0 bridgehead atoms. The number of benzene rings is 1. The Morgan fingerprint density at radius 1 is 1.15 bits per heavy atom. The lowest BCUT2D eigenvalue weighted by Crippen LogP contribution is -2.16. The second kappa shape index (κ2) is 6.14. The zero-order chi connectivity index (χ0) is 18.3. The largest absolute Gasteiger partial charge is 0.360 e. The van der Waals surface area contributed by atoms with Crippen LogP contribution < -0.4 is 9.62 Å². The number of aryl methyl sites for hydroxylation is 2. The summed E-state index contributed by atoms with van der Waals surface area (Å²) in [6, 6.07) is 11.7. The van der Waals surface area contributed by atoms with Gasteiger partial charge in [0, 0.05) is 12.2 Å². The first-order valence-electron chi connectivity index (χ1n) is 8.23. The maximum absolute atomic E-state index is 12.6. The van der Waals surface area contributed by atoms with E-state index in [0.717, 1.165) is 24.5 Å². The molecule has 0 atom stereocenters. The molecule has 3 aromatic rings. The molecule has 2 aromatic heterocycles. The van der Waals surface area contributed by atoms with E-state index in [2.05, 4.69) is 31.9 Å². The quantitative estimate of drug-likeness (QED) is 0.759. The van der Waals surface area contributed by atoms with Crippen molar-refractivity contribution in [2.75, 3.05) is 16.2 Å². The summed E-state index contributed by atoms with van der Waals surface area (Å²) in [6.45, 7) is 4.02. The fraction of sp³-hybridized carbons (Fsp3) is 0.222. The van der Waals surface area contributed by atoms with E-state index >= 15 is 0 Å². The molecule has 0 spiro atoms. The molecule has 0 amide bonds. The molecule has 4 rings (SSSR count). The second-order valence-corrected chi connectivity index (χ2v) is 7.81. The molecule has 0 unspecified atom stereocenters. The third-order valence-corrected chi connectivity index (χ3v) is 6.03. The van der Waals surface area contributed by atoms with Crippen molar-refractivity contribution in [3.8, 4) is 0 Å². The maximum atomic E-state index is 12.6. The van der Waals surface area contributed by atoms with Gasteiger partial charge in [-0.1, -0.05) is 23.4 Å². The molecule has 0 radical (unpaired) electrons. The van der Waals surface area contributed by atoms with Crippen LogP contribution in [0.1, 0.15) is 17.0 Å². The van der Waals surface area contributed by atoms with Gasteiger partial charge in [0.25, 0.3) is 10.0 Å². The summed E-state index contributed by atoms with van der Waals surface area (Å²) in [5.74, 6) is 1.04. The molecule has 8 heteroatoms. The number of para-hydroxylation sites is 1. The van der Waals surface area contributed by atoms with Crippen molar-refractivity contribution in [2.24, 2.45) is 0 Å². The molecule has 1 aliphatic heterocycles. The summed E-state index contributed by atoms with van der Waals surface area (Å²) in [6.07, 6.45) is 2.49. The van der Waals surface area contributed by atoms with Gasteiger partial charge in [-0.25, -0.2) is 13.4 Å². The van der Waals surface area contributed by atoms with E-state index in [1.54, 1.807) is 19.9 Å². The normalized spacial score (nSPS) is 13.7. The average molecular weight is 370 g/mol. The van der Waals surface area contributed by atoms with E-state index in [-0.39, 0.29) is 10.7 Å². The summed E-state index contributed by atoms with van der Waals surface area (Å²) in [7, 11) is -3.77. The van der Waals surface area contributed by atoms with Crippen molar-refractivity contribution < 1.29 is 12.9 Å². The third kappa shape index (κ3) is 2.82. The number of nitrogens with one attached hydrogen (secondary N) is 1. The second-order valence-electron chi connectivity index (χ2n) is 6.19. The zero-order valence-electron chi connectivity index (χ0n) is 14.4. The highest BCUT2D eigenvalue weighted by Gasteiger charge is 2.25. The van der Waals surface area contributed by atoms with E-state index in [1.165, 1.54) is 11.8 Å². The van der Waals surface area contributed by atoms with Gasteiger partial charge in [0.05, 0.1) is 11.9 Å². The van der Waals surface area contributed by atoms with Gasteiger partial charge in [0.15, 0.2) is 10.7 Å². The third-order valence-electron chi connectivity index (χ3n) is 4.40. The standard InChI is InChI=1S/C18H18N4O3S/c1-12-18(13(2)25-20-12)26(23,24)21-15-7-8-17(19-11-15)22-10-9-14-5-3-4-6-16(14)22/h3-8,11,21H,9-10H2,1-2H3. The van der Waals surface area contributed by atoms with Crippen LogP contribution in [0.2, 0.25) is 0 Å². The number of aromatic nitrogens is 2. The van der Waals surface area contributed by atoms with Crippen molar-refractivity contribution in [1.82, 2.24) is 10.1 Å². The minimum absolute atomic E-state index is 0.0649. The van der Waals surface area contributed by atoms with Gasteiger partial charge >= 0.3 is 0 Å². The van der Waals surface area contributed by atoms with Crippen LogP contribution in [0.25, 0.3) is 0 Å². The number of nitrogens with zero attached hydrogens (tertiary/aromatic N) is 3. The SMILES string of the molecule is Cc1noc(C)c1S(=O)(=O)Nc1ccc(N2CCc3ccccc32)nc1. The number of sulfonamides is 1. The molecular weight excluding hydrogens is 352 g/mol. The molecule has 0 saturated carbocycles.